The van der Waals surface area contributed by atoms with Gasteiger partial charge in [0.2, 0.25) is 5.91 Å². The normalized spacial score (nSPS) is 16.5. The van der Waals surface area contributed by atoms with Gasteiger partial charge in [0.05, 0.1) is 20.3 Å². The number of hydrogen-bond acceptors (Lipinski definition) is 5. The van der Waals surface area contributed by atoms with Crippen LogP contribution in [0.3, 0.4) is 0 Å². The molecule has 1 atom stereocenters. The second kappa shape index (κ2) is 7.47. The number of H-pyrrole nitrogens is 1. The van der Waals surface area contributed by atoms with Crippen molar-refractivity contribution >= 4 is 5.91 Å². The molecule has 1 aliphatic rings. The van der Waals surface area contributed by atoms with Crippen LogP contribution >= 0.6 is 0 Å². The lowest BCUT2D eigenvalue weighted by Crippen LogP contribution is -2.38. The van der Waals surface area contributed by atoms with Crippen molar-refractivity contribution < 1.29 is 14.3 Å². The minimum absolute atomic E-state index is 0.127. The minimum atomic E-state index is -0.597. The first-order chi connectivity index (χ1) is 12.5. The van der Waals surface area contributed by atoms with Gasteiger partial charge in [-0.25, -0.2) is 4.79 Å². The molecule has 2 heterocycles. The Morgan fingerprint density at radius 3 is 2.73 bits per heavy atom. The second-order valence-electron chi connectivity index (χ2n) is 6.09. The van der Waals surface area contributed by atoms with Crippen molar-refractivity contribution in [3.63, 3.8) is 0 Å². The lowest BCUT2D eigenvalue weighted by atomic mass is 10.0. The maximum Gasteiger partial charge on any atom is 0.328 e. The van der Waals surface area contributed by atoms with E-state index in [4.69, 9.17) is 9.47 Å². The van der Waals surface area contributed by atoms with E-state index in [1.165, 1.54) is 16.8 Å². The Morgan fingerprint density at radius 2 is 2.04 bits per heavy atom. The third-order valence-corrected chi connectivity index (χ3v) is 4.57. The zero-order chi connectivity index (χ0) is 18.7. The highest BCUT2D eigenvalue weighted by molar-refractivity contribution is 5.77. The summed E-state index contributed by atoms with van der Waals surface area (Å²) in [5.41, 5.74) is -0.203. The number of carbonyl (C=O) groups excluding carboxylic acids is 1. The molecule has 1 aromatic carbocycles. The molecule has 138 valence electrons. The third-order valence-electron chi connectivity index (χ3n) is 4.57. The van der Waals surface area contributed by atoms with E-state index < -0.39 is 11.2 Å². The molecule has 8 nitrogen and oxygen atoms in total. The molecular formula is C18H21N3O5. The quantitative estimate of drug-likeness (QED) is 0.857. The van der Waals surface area contributed by atoms with Crippen LogP contribution in [0.5, 0.6) is 11.5 Å². The highest BCUT2D eigenvalue weighted by Crippen LogP contribution is 2.38. The molecule has 1 amide bonds. The summed E-state index contributed by atoms with van der Waals surface area (Å²) >= 11 is 0. The Hall–Kier alpha value is -3.03. The van der Waals surface area contributed by atoms with Crippen molar-refractivity contribution in [3.05, 3.63) is 56.9 Å². The number of aromatic nitrogens is 2. The summed E-state index contributed by atoms with van der Waals surface area (Å²) < 4.78 is 11.9. The molecule has 1 aliphatic heterocycles. The number of carbonyl (C=O) groups is 1. The molecule has 1 N–H and O–H groups in total. The van der Waals surface area contributed by atoms with E-state index in [0.29, 0.717) is 18.0 Å². The number of aromatic amines is 1. The predicted molar refractivity (Wildman–Crippen MR) is 94.6 cm³/mol. The van der Waals surface area contributed by atoms with Gasteiger partial charge in [0.15, 0.2) is 0 Å². The molecule has 0 radical (unpaired) electrons. The van der Waals surface area contributed by atoms with Crippen molar-refractivity contribution in [1.82, 2.24) is 14.5 Å². The van der Waals surface area contributed by atoms with Crippen molar-refractivity contribution in [2.45, 2.75) is 25.4 Å². The van der Waals surface area contributed by atoms with Crippen molar-refractivity contribution in [2.24, 2.45) is 0 Å². The Labute approximate surface area is 150 Å². The van der Waals surface area contributed by atoms with Crippen LogP contribution in [-0.2, 0) is 11.3 Å². The Balaban J connectivity index is 1.87. The molecule has 0 unspecified atom stereocenters. The second-order valence-corrected chi connectivity index (χ2v) is 6.09. The lowest BCUT2D eigenvalue weighted by Gasteiger charge is -2.27. The number of amides is 1. The highest BCUT2D eigenvalue weighted by Gasteiger charge is 2.32. The van der Waals surface area contributed by atoms with Crippen LogP contribution in [0.15, 0.2) is 40.1 Å². The first-order valence-corrected chi connectivity index (χ1v) is 8.34. The van der Waals surface area contributed by atoms with Gasteiger partial charge in [-0.15, -0.1) is 0 Å². The van der Waals surface area contributed by atoms with Crippen molar-refractivity contribution in [3.8, 4) is 11.5 Å². The van der Waals surface area contributed by atoms with Gasteiger partial charge >= 0.3 is 5.69 Å². The summed E-state index contributed by atoms with van der Waals surface area (Å²) in [5, 5.41) is 0. The number of methoxy groups -OCH3 is 2. The van der Waals surface area contributed by atoms with Gasteiger partial charge < -0.3 is 14.4 Å². The van der Waals surface area contributed by atoms with E-state index in [-0.39, 0.29) is 18.5 Å². The number of benzene rings is 1. The molecule has 1 saturated heterocycles. The van der Waals surface area contributed by atoms with Gasteiger partial charge in [0.1, 0.15) is 18.0 Å². The van der Waals surface area contributed by atoms with Crippen molar-refractivity contribution in [1.29, 1.82) is 0 Å². The van der Waals surface area contributed by atoms with Gasteiger partial charge in [-0.2, -0.15) is 0 Å². The van der Waals surface area contributed by atoms with Gasteiger partial charge in [0, 0.05) is 24.4 Å². The number of ether oxygens (including phenoxy) is 2. The van der Waals surface area contributed by atoms with E-state index >= 15 is 0 Å². The van der Waals surface area contributed by atoms with Crippen LogP contribution in [0.4, 0.5) is 0 Å². The summed E-state index contributed by atoms with van der Waals surface area (Å²) in [5.74, 6) is 1.19. The summed E-state index contributed by atoms with van der Waals surface area (Å²) in [6.45, 7) is 0.473. The first kappa shape index (κ1) is 17.8. The van der Waals surface area contributed by atoms with Gasteiger partial charge in [-0.05, 0) is 31.0 Å². The predicted octanol–water partition coefficient (Wildman–Crippen LogP) is 0.917. The van der Waals surface area contributed by atoms with Crippen LogP contribution in [0.1, 0.15) is 24.4 Å². The molecule has 1 aromatic heterocycles. The molecule has 0 saturated carbocycles. The standard InChI is InChI=1S/C18H21N3O5/c1-25-12-5-6-15(26-2)13(10-12)14-4-3-8-21(14)17(23)11-20-9-7-16(22)19-18(20)24/h5-7,9-10,14H,3-4,8,11H2,1-2H3,(H,19,22,24)/t14-/m1/s1. The van der Waals surface area contributed by atoms with E-state index in [0.717, 1.165) is 18.4 Å². The van der Waals surface area contributed by atoms with Crippen LogP contribution in [-0.4, -0.2) is 41.1 Å². The molecule has 0 spiro atoms. The van der Waals surface area contributed by atoms with E-state index in [9.17, 15) is 14.4 Å². The maximum atomic E-state index is 12.8. The highest BCUT2D eigenvalue weighted by atomic mass is 16.5. The van der Waals surface area contributed by atoms with Crippen LogP contribution in [0, 0.1) is 0 Å². The van der Waals surface area contributed by atoms with Gasteiger partial charge in [-0.3, -0.25) is 19.1 Å². The average molecular weight is 359 g/mol. The fourth-order valence-corrected chi connectivity index (χ4v) is 3.29. The fourth-order valence-electron chi connectivity index (χ4n) is 3.29. The molecule has 3 rings (SSSR count). The maximum absolute atomic E-state index is 12.8. The SMILES string of the molecule is COc1ccc(OC)c([C@H]2CCCN2C(=O)Cn2ccc(=O)[nH]c2=O)c1. The van der Waals surface area contributed by atoms with Crippen LogP contribution in [0.25, 0.3) is 0 Å². The lowest BCUT2D eigenvalue weighted by molar-refractivity contribution is -0.132. The number of rotatable bonds is 5. The van der Waals surface area contributed by atoms with E-state index in [1.807, 2.05) is 18.2 Å². The monoisotopic (exact) mass is 359 g/mol. The number of hydrogen-bond donors (Lipinski definition) is 1. The summed E-state index contributed by atoms with van der Waals surface area (Å²) in [6.07, 6.45) is 2.99. The molecule has 8 heteroatoms. The van der Waals surface area contributed by atoms with Crippen LogP contribution in [0.2, 0.25) is 0 Å². The molecule has 0 bridgehead atoms. The fraction of sp³-hybridized carbons (Fsp3) is 0.389. The van der Waals surface area contributed by atoms with Crippen molar-refractivity contribution in [2.75, 3.05) is 20.8 Å². The van der Waals surface area contributed by atoms with E-state index in [2.05, 4.69) is 4.98 Å². The number of nitrogens with one attached hydrogen (secondary N) is 1. The number of likely N-dealkylation sites (tertiary alicyclic amines) is 1. The van der Waals surface area contributed by atoms with Gasteiger partial charge in [-0.1, -0.05) is 0 Å². The minimum Gasteiger partial charge on any atom is -0.497 e. The summed E-state index contributed by atoms with van der Waals surface area (Å²) in [6, 6.07) is 6.58. The Kier molecular flexibility index (Phi) is 5.11. The van der Waals surface area contributed by atoms with Gasteiger partial charge in [0.25, 0.3) is 5.56 Å². The third kappa shape index (κ3) is 3.49. The van der Waals surface area contributed by atoms with E-state index in [1.54, 1.807) is 19.1 Å². The summed E-state index contributed by atoms with van der Waals surface area (Å²) in [4.78, 5) is 39.7. The molecule has 1 fully saturated rings. The topological polar surface area (TPSA) is 93.6 Å². The van der Waals surface area contributed by atoms with Crippen LogP contribution < -0.4 is 20.7 Å². The average Bonchev–Trinajstić information content (AvgIpc) is 3.13. The zero-order valence-electron chi connectivity index (χ0n) is 14.7. The number of nitrogens with zero attached hydrogens (tertiary/aromatic N) is 2. The zero-order valence-corrected chi connectivity index (χ0v) is 14.7. The summed E-state index contributed by atoms with van der Waals surface area (Å²) in [7, 11) is 3.18. The molecule has 2 aromatic rings. The largest absolute Gasteiger partial charge is 0.497 e. The first-order valence-electron chi connectivity index (χ1n) is 8.34. The molecule has 0 aliphatic carbocycles. The molecule has 26 heavy (non-hydrogen) atoms. The molecular weight excluding hydrogens is 338 g/mol. The Morgan fingerprint density at radius 1 is 1.23 bits per heavy atom. The Bertz CT molecular complexity index is 918. The smallest absolute Gasteiger partial charge is 0.328 e.